The van der Waals surface area contributed by atoms with Crippen LogP contribution in [0.15, 0.2) is 48.5 Å². The van der Waals surface area contributed by atoms with Crippen LogP contribution < -0.4 is 10.1 Å². The van der Waals surface area contributed by atoms with Crippen LogP contribution in [0.25, 0.3) is 0 Å². The highest BCUT2D eigenvalue weighted by atomic mass is 32.2. The molecule has 2 aromatic rings. The first-order valence-electron chi connectivity index (χ1n) is 7.21. The summed E-state index contributed by atoms with van der Waals surface area (Å²) in [4.78, 5) is 22.6. The zero-order chi connectivity index (χ0) is 18.4. The fourth-order valence-electron chi connectivity index (χ4n) is 2.00. The van der Waals surface area contributed by atoms with Crippen molar-refractivity contribution in [2.24, 2.45) is 0 Å². The molecular formula is C16H16N2O6S. The van der Waals surface area contributed by atoms with Gasteiger partial charge >= 0.3 is 0 Å². The molecule has 0 bridgehead atoms. The molecule has 2 rings (SSSR count). The van der Waals surface area contributed by atoms with E-state index >= 15 is 0 Å². The standard InChI is InChI=1S/C16H16N2O6S/c1-25(22,23)10-9-24-13-6-4-5-12(11-13)17-16(19)14-7-2-3-8-15(14)18(20)21/h2-8,11H,9-10H2,1H3,(H,17,19). The van der Waals surface area contributed by atoms with Gasteiger partial charge < -0.3 is 10.1 Å². The number of nitrogens with zero attached hydrogens (tertiary/aromatic N) is 1. The third-order valence-electron chi connectivity index (χ3n) is 3.16. The van der Waals surface area contributed by atoms with Crippen molar-refractivity contribution in [3.63, 3.8) is 0 Å². The Labute approximate surface area is 144 Å². The van der Waals surface area contributed by atoms with E-state index < -0.39 is 20.7 Å². The average molecular weight is 364 g/mol. The number of sulfone groups is 1. The quantitative estimate of drug-likeness (QED) is 0.595. The molecule has 9 heteroatoms. The molecule has 0 spiro atoms. The minimum absolute atomic E-state index is 0.0135. The monoisotopic (exact) mass is 364 g/mol. The number of carbonyl (C=O) groups is 1. The van der Waals surface area contributed by atoms with Gasteiger partial charge in [-0.05, 0) is 18.2 Å². The van der Waals surface area contributed by atoms with Gasteiger partial charge in [0.05, 0.1) is 10.7 Å². The van der Waals surface area contributed by atoms with Crippen LogP contribution in [0.1, 0.15) is 10.4 Å². The van der Waals surface area contributed by atoms with E-state index in [0.29, 0.717) is 11.4 Å². The van der Waals surface area contributed by atoms with Gasteiger partial charge in [0.1, 0.15) is 17.9 Å². The summed E-state index contributed by atoms with van der Waals surface area (Å²) < 4.78 is 27.5. The number of ether oxygens (including phenoxy) is 1. The first kappa shape index (κ1) is 18.4. The molecule has 0 atom stereocenters. The number of rotatable bonds is 7. The maximum atomic E-state index is 12.3. The number of amides is 1. The number of nitro groups is 1. The van der Waals surface area contributed by atoms with Crippen molar-refractivity contribution < 1.29 is 22.9 Å². The van der Waals surface area contributed by atoms with Crippen LogP contribution in [0.5, 0.6) is 5.75 Å². The van der Waals surface area contributed by atoms with Crippen LogP contribution in [-0.4, -0.2) is 37.9 Å². The van der Waals surface area contributed by atoms with Crippen LogP contribution in [0.4, 0.5) is 11.4 Å². The van der Waals surface area contributed by atoms with E-state index in [0.717, 1.165) is 6.26 Å². The molecule has 0 saturated carbocycles. The van der Waals surface area contributed by atoms with Gasteiger partial charge in [0.15, 0.2) is 9.84 Å². The number of hydrogen-bond acceptors (Lipinski definition) is 6. The minimum Gasteiger partial charge on any atom is -0.492 e. The summed E-state index contributed by atoms with van der Waals surface area (Å²) in [7, 11) is -3.13. The van der Waals surface area contributed by atoms with Crippen molar-refractivity contribution >= 4 is 27.1 Å². The summed E-state index contributed by atoms with van der Waals surface area (Å²) in [5.74, 6) is -0.371. The summed E-state index contributed by atoms with van der Waals surface area (Å²) >= 11 is 0. The summed E-state index contributed by atoms with van der Waals surface area (Å²) in [6.07, 6.45) is 1.11. The number of hydrogen-bond donors (Lipinski definition) is 1. The number of carbonyl (C=O) groups excluding carboxylic acids is 1. The van der Waals surface area contributed by atoms with Crippen molar-refractivity contribution in [1.29, 1.82) is 0 Å². The van der Waals surface area contributed by atoms with Gasteiger partial charge in [0, 0.05) is 24.1 Å². The van der Waals surface area contributed by atoms with Gasteiger partial charge in [-0.15, -0.1) is 0 Å². The highest BCUT2D eigenvalue weighted by molar-refractivity contribution is 7.90. The largest absolute Gasteiger partial charge is 0.492 e. The molecule has 8 nitrogen and oxygen atoms in total. The van der Waals surface area contributed by atoms with E-state index in [4.69, 9.17) is 4.74 Å². The Morgan fingerprint density at radius 2 is 1.92 bits per heavy atom. The van der Waals surface area contributed by atoms with Crippen LogP contribution in [0, 0.1) is 10.1 Å². The zero-order valence-corrected chi connectivity index (χ0v) is 14.2. The summed E-state index contributed by atoms with van der Waals surface area (Å²) in [5.41, 5.74) is 0.0245. The number of para-hydroxylation sites is 1. The van der Waals surface area contributed by atoms with E-state index in [1.165, 1.54) is 30.3 Å². The Morgan fingerprint density at radius 1 is 1.20 bits per heavy atom. The molecule has 25 heavy (non-hydrogen) atoms. The lowest BCUT2D eigenvalue weighted by Gasteiger charge is -2.09. The van der Waals surface area contributed by atoms with Gasteiger partial charge in [0.25, 0.3) is 11.6 Å². The van der Waals surface area contributed by atoms with Crippen LogP contribution in [0.2, 0.25) is 0 Å². The smallest absolute Gasteiger partial charge is 0.282 e. The van der Waals surface area contributed by atoms with Crippen LogP contribution >= 0.6 is 0 Å². The molecule has 1 amide bonds. The first-order valence-corrected chi connectivity index (χ1v) is 9.28. The molecule has 0 fully saturated rings. The van der Waals surface area contributed by atoms with Gasteiger partial charge in [-0.3, -0.25) is 14.9 Å². The van der Waals surface area contributed by atoms with Crippen molar-refractivity contribution in [1.82, 2.24) is 0 Å². The molecule has 2 aromatic carbocycles. The van der Waals surface area contributed by atoms with Gasteiger partial charge in [-0.2, -0.15) is 0 Å². The van der Waals surface area contributed by atoms with E-state index in [-0.39, 0.29) is 23.6 Å². The molecule has 0 aliphatic heterocycles. The number of nitrogens with one attached hydrogen (secondary N) is 1. The Morgan fingerprint density at radius 3 is 2.60 bits per heavy atom. The molecule has 0 aliphatic carbocycles. The predicted octanol–water partition coefficient (Wildman–Crippen LogP) is 2.27. The van der Waals surface area contributed by atoms with Gasteiger partial charge in [-0.25, -0.2) is 8.42 Å². The van der Waals surface area contributed by atoms with Gasteiger partial charge in [0.2, 0.25) is 0 Å². The topological polar surface area (TPSA) is 116 Å². The normalized spacial score (nSPS) is 10.9. The Balaban J connectivity index is 2.09. The minimum atomic E-state index is -3.13. The van der Waals surface area contributed by atoms with E-state index in [1.807, 2.05) is 0 Å². The summed E-state index contributed by atoms with van der Waals surface area (Å²) in [6.45, 7) is -0.0135. The lowest BCUT2D eigenvalue weighted by molar-refractivity contribution is -0.385. The SMILES string of the molecule is CS(=O)(=O)CCOc1cccc(NC(=O)c2ccccc2[N+](=O)[O-])c1. The zero-order valence-electron chi connectivity index (χ0n) is 13.3. The maximum absolute atomic E-state index is 12.3. The molecule has 0 unspecified atom stereocenters. The lowest BCUT2D eigenvalue weighted by Crippen LogP contribution is -2.14. The average Bonchev–Trinajstić information content (AvgIpc) is 2.54. The van der Waals surface area contributed by atoms with Crippen LogP contribution in [0.3, 0.4) is 0 Å². The molecule has 0 aliphatic rings. The Hall–Kier alpha value is -2.94. The lowest BCUT2D eigenvalue weighted by atomic mass is 10.1. The number of nitro benzene ring substituents is 1. The van der Waals surface area contributed by atoms with Crippen LogP contribution in [-0.2, 0) is 9.84 Å². The molecule has 1 N–H and O–H groups in total. The number of benzene rings is 2. The summed E-state index contributed by atoms with van der Waals surface area (Å²) in [5, 5.41) is 13.5. The van der Waals surface area contributed by atoms with E-state index in [2.05, 4.69) is 5.32 Å². The van der Waals surface area contributed by atoms with Crippen molar-refractivity contribution in [3.8, 4) is 5.75 Å². The Kier molecular flexibility index (Phi) is 5.71. The highest BCUT2D eigenvalue weighted by Gasteiger charge is 2.19. The first-order chi connectivity index (χ1) is 11.8. The Bertz CT molecular complexity index is 895. The third kappa shape index (κ3) is 5.57. The van der Waals surface area contributed by atoms with Crippen molar-refractivity contribution in [2.45, 2.75) is 0 Å². The fourth-order valence-corrected chi connectivity index (χ4v) is 2.38. The number of anilines is 1. The van der Waals surface area contributed by atoms with E-state index in [9.17, 15) is 23.3 Å². The third-order valence-corrected chi connectivity index (χ3v) is 4.07. The predicted molar refractivity (Wildman–Crippen MR) is 92.7 cm³/mol. The maximum Gasteiger partial charge on any atom is 0.282 e. The van der Waals surface area contributed by atoms with Crippen molar-refractivity contribution in [3.05, 3.63) is 64.2 Å². The highest BCUT2D eigenvalue weighted by Crippen LogP contribution is 2.21. The molecular weight excluding hydrogens is 348 g/mol. The second-order valence-corrected chi connectivity index (χ2v) is 7.49. The molecule has 0 heterocycles. The second kappa shape index (κ2) is 7.75. The second-order valence-electron chi connectivity index (χ2n) is 5.23. The van der Waals surface area contributed by atoms with Crippen molar-refractivity contribution in [2.75, 3.05) is 23.9 Å². The van der Waals surface area contributed by atoms with Gasteiger partial charge in [-0.1, -0.05) is 18.2 Å². The fraction of sp³-hybridized carbons (Fsp3) is 0.188. The molecule has 0 radical (unpaired) electrons. The molecule has 0 aromatic heterocycles. The van der Waals surface area contributed by atoms with E-state index in [1.54, 1.807) is 18.2 Å². The summed E-state index contributed by atoms with van der Waals surface area (Å²) in [6, 6.07) is 12.0. The molecule has 132 valence electrons. The molecule has 0 saturated heterocycles.